The highest BCUT2D eigenvalue weighted by Gasteiger charge is 1.75. The largest absolute Gasteiger partial charge is 0.0879 e. The minimum atomic E-state index is 0.973. The quantitative estimate of drug-likeness (QED) is 0.362. The molecule has 0 heteroatoms. The summed E-state index contributed by atoms with van der Waals surface area (Å²) < 4.78 is 0. The number of hydrogen-bond acceptors (Lipinski definition) is 0. The summed E-state index contributed by atoms with van der Waals surface area (Å²) in [6.45, 7) is 0. The van der Waals surface area contributed by atoms with Gasteiger partial charge >= 0.3 is 0 Å². The van der Waals surface area contributed by atoms with Crippen molar-refractivity contribution >= 4 is 0 Å². The van der Waals surface area contributed by atoms with E-state index in [1.165, 1.54) is 0 Å². The zero-order valence-electron chi connectivity index (χ0n) is 6.59. The van der Waals surface area contributed by atoms with Gasteiger partial charge in [-0.15, -0.1) is 0 Å². The van der Waals surface area contributed by atoms with E-state index >= 15 is 0 Å². The molecular formula is C11H12. The molecule has 0 unspecified atom stereocenters. The molecule has 1 aliphatic carbocycles. The van der Waals surface area contributed by atoms with Gasteiger partial charge in [0.15, 0.2) is 0 Å². The molecule has 0 N–H and O–H groups in total. The summed E-state index contributed by atoms with van der Waals surface area (Å²) in [5, 5.41) is 0. The van der Waals surface area contributed by atoms with E-state index in [0.717, 1.165) is 19.3 Å². The summed E-state index contributed by atoms with van der Waals surface area (Å²) in [5.74, 6) is 0. The zero-order valence-corrected chi connectivity index (χ0v) is 6.59. The van der Waals surface area contributed by atoms with Crippen LogP contribution >= 0.6 is 0 Å². The van der Waals surface area contributed by atoms with E-state index < -0.39 is 0 Å². The van der Waals surface area contributed by atoms with E-state index in [1.807, 2.05) is 18.2 Å². The highest BCUT2D eigenvalue weighted by molar-refractivity contribution is 5.04. The Balaban J connectivity index is 2.65. The van der Waals surface area contributed by atoms with Gasteiger partial charge in [0.2, 0.25) is 0 Å². The predicted octanol–water partition coefficient (Wildman–Crippen LogP) is 3.15. The van der Waals surface area contributed by atoms with Gasteiger partial charge in [-0.1, -0.05) is 35.8 Å². The van der Waals surface area contributed by atoms with Crippen LogP contribution in [0.1, 0.15) is 19.3 Å². The average Bonchev–Trinajstić information content (AvgIpc) is 2.08. The van der Waals surface area contributed by atoms with E-state index in [9.17, 15) is 0 Å². The molecule has 0 atom stereocenters. The van der Waals surface area contributed by atoms with Crippen LogP contribution in [0.25, 0.3) is 0 Å². The lowest BCUT2D eigenvalue weighted by Crippen LogP contribution is -1.63. The third-order valence-corrected chi connectivity index (χ3v) is 1.42. The molecule has 0 nitrogen and oxygen atoms in total. The van der Waals surface area contributed by atoms with Gasteiger partial charge in [0, 0.05) is 0 Å². The third-order valence-electron chi connectivity index (χ3n) is 1.42. The topological polar surface area (TPSA) is 0 Å². The lowest BCUT2D eigenvalue weighted by Gasteiger charge is -1.83. The summed E-state index contributed by atoms with van der Waals surface area (Å²) in [7, 11) is 0. The maximum Gasteiger partial charge on any atom is -0.00865 e. The fourth-order valence-electron chi connectivity index (χ4n) is 0.853. The van der Waals surface area contributed by atoms with E-state index in [1.54, 1.807) is 0 Å². The smallest absolute Gasteiger partial charge is 0.00865 e. The van der Waals surface area contributed by atoms with Gasteiger partial charge in [-0.2, -0.15) is 0 Å². The zero-order chi connectivity index (χ0) is 7.78. The summed E-state index contributed by atoms with van der Waals surface area (Å²) in [6.07, 6.45) is 15.6. The maximum absolute atomic E-state index is 2.95. The Morgan fingerprint density at radius 3 is 2.82 bits per heavy atom. The first-order chi connectivity index (χ1) is 5.50. The number of rotatable bonds is 0. The summed E-state index contributed by atoms with van der Waals surface area (Å²) >= 11 is 0. The van der Waals surface area contributed by atoms with Gasteiger partial charge in [0.25, 0.3) is 0 Å². The van der Waals surface area contributed by atoms with Crippen molar-refractivity contribution in [3.63, 3.8) is 0 Å². The Hall–Kier alpha value is -1.22. The molecule has 0 bridgehead atoms. The molecule has 0 radical (unpaired) electrons. The first-order valence-corrected chi connectivity index (χ1v) is 3.96. The van der Waals surface area contributed by atoms with Gasteiger partial charge in [-0.3, -0.25) is 0 Å². The van der Waals surface area contributed by atoms with Crippen LogP contribution in [0.2, 0.25) is 0 Å². The van der Waals surface area contributed by atoms with Crippen LogP contribution in [-0.2, 0) is 0 Å². The summed E-state index contributed by atoms with van der Waals surface area (Å²) in [6, 6.07) is 0. The lowest BCUT2D eigenvalue weighted by molar-refractivity contribution is 1.04. The highest BCUT2D eigenvalue weighted by Crippen LogP contribution is 1.95. The molecule has 0 saturated heterocycles. The SMILES string of the molecule is C1=C=CCC=CCCC=CC=1. The molecule has 1 aliphatic rings. The summed E-state index contributed by atoms with van der Waals surface area (Å²) in [4.78, 5) is 0. The Kier molecular flexibility index (Phi) is 3.98. The van der Waals surface area contributed by atoms with Crippen molar-refractivity contribution in [2.75, 3.05) is 0 Å². The average molecular weight is 144 g/mol. The minimum Gasteiger partial charge on any atom is -0.0879 e. The molecule has 0 aromatic rings. The maximum atomic E-state index is 2.95. The Morgan fingerprint density at radius 2 is 1.82 bits per heavy atom. The molecule has 0 amide bonds. The third kappa shape index (κ3) is 4.22. The Labute approximate surface area is 67.9 Å². The Morgan fingerprint density at radius 1 is 0.909 bits per heavy atom. The molecule has 0 aromatic carbocycles. The van der Waals surface area contributed by atoms with Gasteiger partial charge < -0.3 is 0 Å². The highest BCUT2D eigenvalue weighted by atomic mass is 13.8. The molecular weight excluding hydrogens is 132 g/mol. The van der Waals surface area contributed by atoms with E-state index in [-0.39, 0.29) is 0 Å². The van der Waals surface area contributed by atoms with Gasteiger partial charge in [-0.25, -0.2) is 0 Å². The van der Waals surface area contributed by atoms with Crippen molar-refractivity contribution in [2.45, 2.75) is 19.3 Å². The van der Waals surface area contributed by atoms with Crippen LogP contribution in [0.15, 0.2) is 47.9 Å². The molecule has 0 heterocycles. The minimum absolute atomic E-state index is 0.973. The molecule has 0 saturated carbocycles. The monoisotopic (exact) mass is 144 g/mol. The number of allylic oxidation sites excluding steroid dienone is 6. The standard InChI is InChI=1S/C11H12/c1-2-4-6-8-10-11-9-7-5-3-1/h1-3,8-10H,4,6,11H2. The van der Waals surface area contributed by atoms with Gasteiger partial charge in [0.1, 0.15) is 0 Å². The van der Waals surface area contributed by atoms with Gasteiger partial charge in [-0.05, 0) is 31.4 Å². The fraction of sp³-hybridized carbons (Fsp3) is 0.273. The van der Waals surface area contributed by atoms with Crippen molar-refractivity contribution in [2.24, 2.45) is 0 Å². The predicted molar refractivity (Wildman–Crippen MR) is 48.3 cm³/mol. The fourth-order valence-corrected chi connectivity index (χ4v) is 0.853. The second-order valence-corrected chi connectivity index (χ2v) is 2.37. The lowest BCUT2D eigenvalue weighted by atomic mass is 10.2. The second kappa shape index (κ2) is 5.56. The van der Waals surface area contributed by atoms with E-state index in [4.69, 9.17) is 0 Å². The molecule has 0 aliphatic heterocycles. The molecule has 1 rings (SSSR count). The van der Waals surface area contributed by atoms with Crippen molar-refractivity contribution in [3.05, 3.63) is 47.9 Å². The van der Waals surface area contributed by atoms with Gasteiger partial charge in [0.05, 0.1) is 0 Å². The molecule has 0 spiro atoms. The molecule has 56 valence electrons. The van der Waals surface area contributed by atoms with Crippen molar-refractivity contribution in [3.8, 4) is 0 Å². The van der Waals surface area contributed by atoms with Crippen molar-refractivity contribution in [1.29, 1.82) is 0 Å². The molecule has 0 fully saturated rings. The van der Waals surface area contributed by atoms with Crippen LogP contribution in [0.5, 0.6) is 0 Å². The van der Waals surface area contributed by atoms with Crippen LogP contribution in [0.4, 0.5) is 0 Å². The van der Waals surface area contributed by atoms with E-state index in [2.05, 4.69) is 29.7 Å². The van der Waals surface area contributed by atoms with Crippen LogP contribution in [0.3, 0.4) is 0 Å². The second-order valence-electron chi connectivity index (χ2n) is 2.37. The summed E-state index contributed by atoms with van der Waals surface area (Å²) in [5.41, 5.74) is 5.88. The van der Waals surface area contributed by atoms with Crippen LogP contribution in [-0.4, -0.2) is 0 Å². The van der Waals surface area contributed by atoms with Crippen LogP contribution < -0.4 is 0 Å². The van der Waals surface area contributed by atoms with E-state index in [0.29, 0.717) is 0 Å². The van der Waals surface area contributed by atoms with Crippen molar-refractivity contribution in [1.82, 2.24) is 0 Å². The molecule has 0 aromatic heterocycles. The Bertz CT molecular complexity index is 241. The first-order valence-electron chi connectivity index (χ1n) is 3.96. The number of hydrogen-bond donors (Lipinski definition) is 0. The van der Waals surface area contributed by atoms with Crippen LogP contribution in [0, 0.1) is 0 Å². The normalized spacial score (nSPS) is 16.7. The molecule has 11 heavy (non-hydrogen) atoms. The van der Waals surface area contributed by atoms with Crippen molar-refractivity contribution < 1.29 is 0 Å². The first kappa shape index (κ1) is 7.88.